The molecule has 0 heterocycles. The molecular weight excluding hydrogens is 278 g/mol. The van der Waals surface area contributed by atoms with E-state index in [1.54, 1.807) is 11.5 Å². The number of rotatable bonds is 3. The number of hydrazine groups is 1. The maximum absolute atomic E-state index is 9.96. The van der Waals surface area contributed by atoms with Gasteiger partial charge in [0.2, 0.25) is 0 Å². The standard InChI is InChI=1S/C8H8BrN5O2/c9-7-3-1-2-6(4-7)5-11-12-8(10)13-14(15)16/h1-5H,(H3,10,12,13). The lowest BCUT2D eigenvalue weighted by molar-refractivity contribution is -0.525. The molecule has 3 N–H and O–H groups in total. The highest BCUT2D eigenvalue weighted by molar-refractivity contribution is 9.10. The minimum atomic E-state index is -0.812. The van der Waals surface area contributed by atoms with Gasteiger partial charge in [-0.2, -0.15) is 5.10 Å². The third-order valence-corrected chi connectivity index (χ3v) is 1.92. The Morgan fingerprint density at radius 3 is 3.00 bits per heavy atom. The SMILES string of the molecule is N/C(=N\N=Cc1cccc(Br)c1)N[N+](=O)[O-]. The van der Waals surface area contributed by atoms with E-state index in [4.69, 9.17) is 5.73 Å². The first kappa shape index (κ1) is 12.1. The number of guanidine groups is 1. The molecule has 0 aliphatic carbocycles. The smallest absolute Gasteiger partial charge is 0.275 e. The molecule has 16 heavy (non-hydrogen) atoms. The summed E-state index contributed by atoms with van der Waals surface area (Å²) in [6.45, 7) is 0. The molecule has 0 saturated carbocycles. The Morgan fingerprint density at radius 1 is 1.62 bits per heavy atom. The summed E-state index contributed by atoms with van der Waals surface area (Å²) in [4.78, 5) is 9.96. The molecule has 7 nitrogen and oxygen atoms in total. The fraction of sp³-hybridized carbons (Fsp3) is 0. The van der Waals surface area contributed by atoms with E-state index in [2.05, 4.69) is 26.1 Å². The Bertz CT molecular complexity index is 446. The van der Waals surface area contributed by atoms with Crippen LogP contribution >= 0.6 is 15.9 Å². The van der Waals surface area contributed by atoms with Crippen LogP contribution in [0.15, 0.2) is 38.9 Å². The summed E-state index contributed by atoms with van der Waals surface area (Å²) in [5, 5.41) is 16.1. The van der Waals surface area contributed by atoms with Crippen molar-refractivity contribution in [2.75, 3.05) is 0 Å². The first-order valence-corrected chi connectivity index (χ1v) is 4.90. The summed E-state index contributed by atoms with van der Waals surface area (Å²) in [6.07, 6.45) is 1.43. The van der Waals surface area contributed by atoms with Gasteiger partial charge >= 0.3 is 0 Å². The third-order valence-electron chi connectivity index (χ3n) is 1.43. The molecule has 1 aromatic carbocycles. The van der Waals surface area contributed by atoms with E-state index in [1.807, 2.05) is 18.2 Å². The van der Waals surface area contributed by atoms with Gasteiger partial charge in [0.1, 0.15) is 0 Å². The summed E-state index contributed by atoms with van der Waals surface area (Å²) in [6, 6.07) is 7.31. The second-order valence-corrected chi connectivity index (χ2v) is 3.57. The Labute approximate surface area is 99.3 Å². The Kier molecular flexibility index (Phi) is 4.40. The molecule has 0 aliphatic rings. The van der Waals surface area contributed by atoms with E-state index in [0.29, 0.717) is 0 Å². The zero-order valence-corrected chi connectivity index (χ0v) is 9.59. The van der Waals surface area contributed by atoms with Crippen molar-refractivity contribution in [2.45, 2.75) is 0 Å². The molecule has 1 aromatic rings. The molecule has 0 fully saturated rings. The van der Waals surface area contributed by atoms with Crippen LogP contribution in [0.2, 0.25) is 0 Å². The van der Waals surface area contributed by atoms with Crippen molar-refractivity contribution in [2.24, 2.45) is 15.9 Å². The third kappa shape index (κ3) is 4.51. The van der Waals surface area contributed by atoms with Crippen LogP contribution in [0.1, 0.15) is 5.56 Å². The summed E-state index contributed by atoms with van der Waals surface area (Å²) < 4.78 is 0.900. The van der Waals surface area contributed by atoms with Crippen molar-refractivity contribution in [3.63, 3.8) is 0 Å². The van der Waals surface area contributed by atoms with E-state index in [1.165, 1.54) is 6.21 Å². The molecule has 0 amide bonds. The van der Waals surface area contributed by atoms with Crippen LogP contribution in [-0.4, -0.2) is 17.2 Å². The van der Waals surface area contributed by atoms with Gasteiger partial charge in [-0.25, -0.2) is 10.1 Å². The number of hydrogen-bond acceptors (Lipinski definition) is 4. The highest BCUT2D eigenvalue weighted by Gasteiger charge is 1.96. The largest absolute Gasteiger partial charge is 0.364 e. The van der Waals surface area contributed by atoms with Crippen molar-refractivity contribution < 1.29 is 5.03 Å². The quantitative estimate of drug-likeness (QED) is 0.372. The topological polar surface area (TPSA) is 106 Å². The highest BCUT2D eigenvalue weighted by Crippen LogP contribution is 2.09. The number of nitrogens with zero attached hydrogens (tertiary/aromatic N) is 3. The van der Waals surface area contributed by atoms with Gasteiger partial charge < -0.3 is 5.73 Å². The minimum absolute atomic E-state index is 0.378. The fourth-order valence-corrected chi connectivity index (χ4v) is 1.28. The van der Waals surface area contributed by atoms with Gasteiger partial charge in [-0.05, 0) is 17.7 Å². The maximum Gasteiger partial charge on any atom is 0.275 e. The predicted octanol–water partition coefficient (Wildman–Crippen LogP) is 0.879. The predicted molar refractivity (Wildman–Crippen MR) is 63.5 cm³/mol. The first-order chi connectivity index (χ1) is 7.58. The minimum Gasteiger partial charge on any atom is -0.364 e. The fourth-order valence-electron chi connectivity index (χ4n) is 0.861. The van der Waals surface area contributed by atoms with Gasteiger partial charge in [0, 0.05) is 4.47 Å². The maximum atomic E-state index is 9.96. The van der Waals surface area contributed by atoms with E-state index in [0.717, 1.165) is 10.0 Å². The van der Waals surface area contributed by atoms with Crippen molar-refractivity contribution in [3.8, 4) is 0 Å². The molecule has 0 atom stereocenters. The van der Waals surface area contributed by atoms with Gasteiger partial charge in [0.15, 0.2) is 5.03 Å². The van der Waals surface area contributed by atoms with Gasteiger partial charge in [-0.3, -0.25) is 0 Å². The van der Waals surface area contributed by atoms with E-state index < -0.39 is 5.03 Å². The number of hydrogen-bond donors (Lipinski definition) is 2. The number of benzene rings is 1. The molecule has 0 bridgehead atoms. The van der Waals surface area contributed by atoms with Crippen molar-refractivity contribution in [1.82, 2.24) is 5.43 Å². The Balaban J connectivity index is 2.64. The van der Waals surface area contributed by atoms with E-state index >= 15 is 0 Å². The van der Waals surface area contributed by atoms with Crippen LogP contribution in [0.5, 0.6) is 0 Å². The van der Waals surface area contributed by atoms with Gasteiger partial charge in [0.25, 0.3) is 5.96 Å². The van der Waals surface area contributed by atoms with Crippen LogP contribution in [0, 0.1) is 10.1 Å². The molecule has 0 saturated heterocycles. The first-order valence-electron chi connectivity index (χ1n) is 4.11. The molecule has 8 heteroatoms. The van der Waals surface area contributed by atoms with Crippen LogP contribution in [0.3, 0.4) is 0 Å². The molecule has 0 unspecified atom stereocenters. The van der Waals surface area contributed by atoms with Crippen LogP contribution < -0.4 is 11.2 Å². The summed E-state index contributed by atoms with van der Waals surface area (Å²) in [7, 11) is 0. The lowest BCUT2D eigenvalue weighted by Crippen LogP contribution is -2.35. The lowest BCUT2D eigenvalue weighted by atomic mass is 10.2. The number of nitro groups is 1. The highest BCUT2D eigenvalue weighted by atomic mass is 79.9. The normalized spacial score (nSPS) is 11.7. The molecular formula is C8H8BrN5O2. The van der Waals surface area contributed by atoms with Crippen LogP contribution in [-0.2, 0) is 0 Å². The molecule has 0 aromatic heterocycles. The average molecular weight is 286 g/mol. The van der Waals surface area contributed by atoms with Crippen LogP contribution in [0.25, 0.3) is 0 Å². The van der Waals surface area contributed by atoms with Crippen molar-refractivity contribution in [3.05, 3.63) is 44.4 Å². The summed E-state index contributed by atoms with van der Waals surface area (Å²) >= 11 is 3.29. The van der Waals surface area contributed by atoms with Crippen molar-refractivity contribution >= 4 is 28.1 Å². The summed E-state index contributed by atoms with van der Waals surface area (Å²) in [5.74, 6) is -0.378. The Morgan fingerprint density at radius 2 is 2.38 bits per heavy atom. The average Bonchev–Trinajstić information content (AvgIpc) is 2.16. The molecule has 0 spiro atoms. The second kappa shape index (κ2) is 5.81. The zero-order valence-electron chi connectivity index (χ0n) is 8.00. The van der Waals surface area contributed by atoms with E-state index in [9.17, 15) is 10.1 Å². The number of nitrogens with one attached hydrogen (secondary N) is 1. The molecule has 1 rings (SSSR count). The summed E-state index contributed by atoms with van der Waals surface area (Å²) in [5.41, 5.74) is 7.61. The number of halogens is 1. The Hall–Kier alpha value is -1.96. The van der Waals surface area contributed by atoms with Crippen LogP contribution in [0.4, 0.5) is 0 Å². The van der Waals surface area contributed by atoms with Gasteiger partial charge in [0.05, 0.1) is 6.21 Å². The van der Waals surface area contributed by atoms with Crippen molar-refractivity contribution in [1.29, 1.82) is 0 Å². The zero-order chi connectivity index (χ0) is 12.0. The molecule has 0 radical (unpaired) electrons. The van der Waals surface area contributed by atoms with Gasteiger partial charge in [-0.15, -0.1) is 5.10 Å². The van der Waals surface area contributed by atoms with E-state index in [-0.39, 0.29) is 5.96 Å². The van der Waals surface area contributed by atoms with Gasteiger partial charge in [-0.1, -0.05) is 33.5 Å². The number of nitrogens with two attached hydrogens (primary N) is 1. The lowest BCUT2D eigenvalue weighted by Gasteiger charge is -1.93. The molecule has 84 valence electrons. The molecule has 0 aliphatic heterocycles. The second-order valence-electron chi connectivity index (χ2n) is 2.65. The monoisotopic (exact) mass is 285 g/mol.